The standard InChI is InChI=1S/C30H27ClFN3O3S/c1-16-3-2-4-21(31)24(16)25-20(27(38-34-25)18-5-6-18)11-17-14-30(15-17)7-9-35(10-8-30)29-33-26-22(32)12-19(28(36)37)13-23(26)39-29/h2-4,11-13,18H,5-10,14-15H2,1H3,(H,36,37). The number of aryl methyl sites for hydroxylation is 1. The highest BCUT2D eigenvalue weighted by molar-refractivity contribution is 7.22. The van der Waals surface area contributed by atoms with E-state index in [2.05, 4.69) is 34.1 Å². The lowest BCUT2D eigenvalue weighted by Crippen LogP contribution is -2.44. The zero-order valence-electron chi connectivity index (χ0n) is 21.5. The smallest absolute Gasteiger partial charge is 0.335 e. The summed E-state index contributed by atoms with van der Waals surface area (Å²) in [5.41, 5.74) is 5.87. The van der Waals surface area contributed by atoms with Gasteiger partial charge in [0.05, 0.1) is 15.3 Å². The van der Waals surface area contributed by atoms with Crippen LogP contribution in [0.15, 0.2) is 40.4 Å². The molecule has 200 valence electrons. The average Bonchev–Trinajstić information content (AvgIpc) is 3.51. The topological polar surface area (TPSA) is 79.5 Å². The molecule has 2 aliphatic carbocycles. The third kappa shape index (κ3) is 4.34. The summed E-state index contributed by atoms with van der Waals surface area (Å²) in [6, 6.07) is 8.48. The average molecular weight is 564 g/mol. The van der Waals surface area contributed by atoms with Crippen LogP contribution in [0.1, 0.15) is 71.7 Å². The van der Waals surface area contributed by atoms with Crippen LogP contribution < -0.4 is 4.90 Å². The Balaban J connectivity index is 1.09. The van der Waals surface area contributed by atoms with E-state index in [9.17, 15) is 14.3 Å². The van der Waals surface area contributed by atoms with Crippen molar-refractivity contribution in [2.24, 2.45) is 5.41 Å². The molecule has 6 nitrogen and oxygen atoms in total. The van der Waals surface area contributed by atoms with Crippen LogP contribution in [0, 0.1) is 18.2 Å². The lowest BCUT2D eigenvalue weighted by molar-refractivity contribution is 0.0696. The number of carbonyl (C=O) groups is 1. The molecule has 0 atom stereocenters. The van der Waals surface area contributed by atoms with Gasteiger partial charge in [0.15, 0.2) is 10.9 Å². The molecule has 3 heterocycles. The van der Waals surface area contributed by atoms with Crippen LogP contribution in [0.4, 0.5) is 9.52 Å². The van der Waals surface area contributed by atoms with Crippen molar-refractivity contribution >= 4 is 50.3 Å². The number of hydrogen-bond acceptors (Lipinski definition) is 6. The molecule has 1 saturated heterocycles. The van der Waals surface area contributed by atoms with Gasteiger partial charge >= 0.3 is 5.97 Å². The lowest BCUT2D eigenvalue weighted by Gasteiger charge is -2.49. The number of piperidine rings is 1. The molecule has 0 amide bonds. The summed E-state index contributed by atoms with van der Waals surface area (Å²) in [6.45, 7) is 3.76. The minimum atomic E-state index is -1.14. The summed E-state index contributed by atoms with van der Waals surface area (Å²) in [5, 5.41) is 15.2. The zero-order chi connectivity index (χ0) is 26.9. The summed E-state index contributed by atoms with van der Waals surface area (Å²) < 4.78 is 20.9. The fourth-order valence-electron chi connectivity index (χ4n) is 6.18. The fraction of sp³-hybridized carbons (Fsp3) is 0.367. The molecule has 2 saturated carbocycles. The minimum Gasteiger partial charge on any atom is -0.478 e. The first kappa shape index (κ1) is 24.8. The Morgan fingerprint density at radius 2 is 2.03 bits per heavy atom. The van der Waals surface area contributed by atoms with E-state index in [0.717, 1.165) is 91.0 Å². The molecule has 4 aromatic rings. The van der Waals surface area contributed by atoms with Crippen molar-refractivity contribution < 1.29 is 18.8 Å². The maximum atomic E-state index is 14.5. The SMILES string of the molecule is Cc1cccc(Cl)c1-c1noc(C2CC2)c1C=C1CC2(CCN(c3nc4c(F)cc(C(=O)O)cc4s3)CC2)C1. The molecule has 3 fully saturated rings. The first-order valence-corrected chi connectivity index (χ1v) is 14.5. The van der Waals surface area contributed by atoms with E-state index < -0.39 is 11.8 Å². The molecule has 9 heteroatoms. The second-order valence-corrected chi connectivity index (χ2v) is 12.7. The highest BCUT2D eigenvalue weighted by Crippen LogP contribution is 2.55. The quantitative estimate of drug-likeness (QED) is 0.264. The van der Waals surface area contributed by atoms with Gasteiger partial charge in [-0.25, -0.2) is 14.2 Å². The fourth-order valence-corrected chi connectivity index (χ4v) is 7.56. The van der Waals surface area contributed by atoms with Crippen LogP contribution in [0.3, 0.4) is 0 Å². The van der Waals surface area contributed by atoms with Crippen LogP contribution in [-0.2, 0) is 0 Å². The predicted molar refractivity (Wildman–Crippen MR) is 151 cm³/mol. The van der Waals surface area contributed by atoms with E-state index in [4.69, 9.17) is 16.1 Å². The molecule has 0 radical (unpaired) electrons. The van der Waals surface area contributed by atoms with E-state index in [1.807, 2.05) is 12.1 Å². The van der Waals surface area contributed by atoms with Crippen LogP contribution in [0.5, 0.6) is 0 Å². The summed E-state index contributed by atoms with van der Waals surface area (Å²) in [6.07, 6.45) is 8.76. The van der Waals surface area contributed by atoms with Crippen molar-refractivity contribution in [2.75, 3.05) is 18.0 Å². The van der Waals surface area contributed by atoms with Crippen molar-refractivity contribution in [1.82, 2.24) is 10.1 Å². The number of nitrogens with zero attached hydrogens (tertiary/aromatic N) is 3. The van der Waals surface area contributed by atoms with Gasteiger partial charge in [-0.2, -0.15) is 0 Å². The van der Waals surface area contributed by atoms with Crippen LogP contribution in [0.25, 0.3) is 27.6 Å². The monoisotopic (exact) mass is 563 g/mol. The van der Waals surface area contributed by atoms with Gasteiger partial charge in [0.1, 0.15) is 17.0 Å². The number of rotatable bonds is 5. The third-order valence-electron chi connectivity index (χ3n) is 8.49. The van der Waals surface area contributed by atoms with Crippen molar-refractivity contribution in [3.05, 3.63) is 69.2 Å². The Bertz CT molecular complexity index is 1630. The maximum Gasteiger partial charge on any atom is 0.335 e. The molecule has 0 unspecified atom stereocenters. The van der Waals surface area contributed by atoms with E-state index in [0.29, 0.717) is 15.6 Å². The summed E-state index contributed by atoms with van der Waals surface area (Å²) in [4.78, 5) is 18.0. The highest BCUT2D eigenvalue weighted by atomic mass is 35.5. The van der Waals surface area contributed by atoms with Gasteiger partial charge in [-0.05, 0) is 80.7 Å². The maximum absolute atomic E-state index is 14.5. The van der Waals surface area contributed by atoms with Gasteiger partial charge in [0, 0.05) is 30.1 Å². The second kappa shape index (κ2) is 9.17. The van der Waals surface area contributed by atoms with Crippen molar-refractivity contribution in [3.63, 3.8) is 0 Å². The van der Waals surface area contributed by atoms with Gasteiger partial charge in [0.25, 0.3) is 0 Å². The van der Waals surface area contributed by atoms with Crippen LogP contribution >= 0.6 is 22.9 Å². The number of allylic oxidation sites excluding steroid dienone is 1. The van der Waals surface area contributed by atoms with Crippen molar-refractivity contribution in [1.29, 1.82) is 0 Å². The van der Waals surface area contributed by atoms with E-state index >= 15 is 0 Å². The molecule has 1 aliphatic heterocycles. The zero-order valence-corrected chi connectivity index (χ0v) is 23.0. The predicted octanol–water partition coefficient (Wildman–Crippen LogP) is 8.09. The van der Waals surface area contributed by atoms with Gasteiger partial charge in [0.2, 0.25) is 0 Å². The highest BCUT2D eigenvalue weighted by Gasteiger charge is 2.44. The Morgan fingerprint density at radius 1 is 1.26 bits per heavy atom. The molecule has 1 N–H and O–H groups in total. The van der Waals surface area contributed by atoms with Gasteiger partial charge in [-0.15, -0.1) is 0 Å². The molecule has 2 aromatic heterocycles. The van der Waals surface area contributed by atoms with E-state index in [1.165, 1.54) is 23.0 Å². The number of aromatic nitrogens is 2. The van der Waals surface area contributed by atoms with Crippen LogP contribution in [0.2, 0.25) is 5.02 Å². The number of benzene rings is 2. The minimum absolute atomic E-state index is 0.0490. The van der Waals surface area contributed by atoms with Crippen molar-refractivity contribution in [2.45, 2.75) is 51.4 Å². The molecule has 1 spiro atoms. The number of carboxylic acid groups (broad SMARTS) is 1. The molecule has 3 aliphatic rings. The lowest BCUT2D eigenvalue weighted by atomic mass is 9.60. The second-order valence-electron chi connectivity index (χ2n) is 11.3. The molecular weight excluding hydrogens is 537 g/mol. The summed E-state index contributed by atoms with van der Waals surface area (Å²) >= 11 is 7.97. The number of carboxylic acids is 1. The Morgan fingerprint density at radius 3 is 2.72 bits per heavy atom. The number of hydrogen-bond donors (Lipinski definition) is 1. The number of anilines is 1. The van der Waals surface area contributed by atoms with Crippen molar-refractivity contribution in [3.8, 4) is 11.3 Å². The summed E-state index contributed by atoms with van der Waals surface area (Å²) in [5.74, 6) is -0.283. The van der Waals surface area contributed by atoms with Gasteiger partial charge in [-0.3, -0.25) is 0 Å². The molecule has 7 rings (SSSR count). The number of fused-ring (bicyclic) bond motifs is 1. The van der Waals surface area contributed by atoms with Gasteiger partial charge in [-0.1, -0.05) is 45.8 Å². The molecular formula is C30H27ClFN3O3S. The largest absolute Gasteiger partial charge is 0.478 e. The Hall–Kier alpha value is -3.23. The molecule has 39 heavy (non-hydrogen) atoms. The Kier molecular flexibility index (Phi) is 5.83. The summed E-state index contributed by atoms with van der Waals surface area (Å²) in [7, 11) is 0. The van der Waals surface area contributed by atoms with Gasteiger partial charge < -0.3 is 14.5 Å². The van der Waals surface area contributed by atoms with E-state index in [1.54, 1.807) is 0 Å². The number of aromatic carboxylic acids is 1. The number of halogens is 2. The normalized spacial score (nSPS) is 18.5. The molecule has 2 aromatic carbocycles. The third-order valence-corrected chi connectivity index (χ3v) is 9.87. The Labute approximate surface area is 234 Å². The first-order valence-electron chi connectivity index (χ1n) is 13.3. The number of thiazole rings is 1. The molecule has 0 bridgehead atoms. The van der Waals surface area contributed by atoms with Crippen LogP contribution in [-0.4, -0.2) is 34.3 Å². The first-order chi connectivity index (χ1) is 18.8. The van der Waals surface area contributed by atoms with E-state index in [-0.39, 0.29) is 16.5 Å².